The van der Waals surface area contributed by atoms with E-state index in [1.165, 1.54) is 6.07 Å². The first-order valence-corrected chi connectivity index (χ1v) is 8.19. The molecule has 4 nitrogen and oxygen atoms in total. The second-order valence-corrected chi connectivity index (χ2v) is 6.28. The van der Waals surface area contributed by atoms with Gasteiger partial charge in [0.05, 0.1) is 5.92 Å². The van der Waals surface area contributed by atoms with E-state index in [2.05, 4.69) is 10.2 Å². The number of carbonyl (C=O) groups excluding carboxylic acids is 1. The van der Waals surface area contributed by atoms with Crippen molar-refractivity contribution >= 4 is 5.91 Å². The zero-order chi connectivity index (χ0) is 15.4. The summed E-state index contributed by atoms with van der Waals surface area (Å²) in [5.74, 6) is 0.203. The number of piperidine rings is 1. The molecule has 0 aromatic heterocycles. The molecule has 2 heterocycles. The van der Waals surface area contributed by atoms with Crippen LogP contribution in [0.5, 0.6) is 0 Å². The van der Waals surface area contributed by atoms with E-state index >= 15 is 0 Å². The number of halogens is 1. The third-order valence-electron chi connectivity index (χ3n) is 4.58. The molecule has 0 radical (unpaired) electrons. The fraction of sp³-hybridized carbons (Fsp3) is 0.588. The number of nitrogens with one attached hydrogen (secondary N) is 1. The van der Waals surface area contributed by atoms with Crippen LogP contribution >= 0.6 is 0 Å². The zero-order valence-electron chi connectivity index (χ0n) is 12.9. The van der Waals surface area contributed by atoms with E-state index in [9.17, 15) is 9.18 Å². The normalized spacial score (nSPS) is 23.5. The van der Waals surface area contributed by atoms with Crippen molar-refractivity contribution in [3.05, 3.63) is 35.6 Å². The van der Waals surface area contributed by atoms with E-state index in [4.69, 9.17) is 0 Å². The highest BCUT2D eigenvalue weighted by Gasteiger charge is 2.29. The Morgan fingerprint density at radius 2 is 2.09 bits per heavy atom. The Morgan fingerprint density at radius 1 is 1.27 bits per heavy atom. The summed E-state index contributed by atoms with van der Waals surface area (Å²) in [5, 5.41) is 3.28. The van der Waals surface area contributed by atoms with Gasteiger partial charge in [0.15, 0.2) is 0 Å². The number of likely N-dealkylation sites (tertiary alicyclic amines) is 1. The molecule has 0 bridgehead atoms. The van der Waals surface area contributed by atoms with Crippen molar-refractivity contribution in [1.29, 1.82) is 0 Å². The van der Waals surface area contributed by atoms with Gasteiger partial charge in [0, 0.05) is 39.3 Å². The van der Waals surface area contributed by atoms with Gasteiger partial charge in [-0.2, -0.15) is 0 Å². The maximum absolute atomic E-state index is 13.3. The van der Waals surface area contributed by atoms with Gasteiger partial charge in [0.1, 0.15) is 5.82 Å². The molecular formula is C17H24FN3O. The Morgan fingerprint density at radius 3 is 2.86 bits per heavy atom. The van der Waals surface area contributed by atoms with E-state index in [0.717, 1.165) is 64.2 Å². The number of hydrogen-bond acceptors (Lipinski definition) is 3. The molecule has 3 rings (SSSR count). The molecule has 5 heteroatoms. The van der Waals surface area contributed by atoms with Crippen molar-refractivity contribution in [2.24, 2.45) is 5.92 Å². The molecule has 2 saturated heterocycles. The molecule has 120 valence electrons. The van der Waals surface area contributed by atoms with E-state index in [-0.39, 0.29) is 11.7 Å². The molecule has 2 fully saturated rings. The summed E-state index contributed by atoms with van der Waals surface area (Å²) < 4.78 is 13.3. The summed E-state index contributed by atoms with van der Waals surface area (Å²) in [4.78, 5) is 16.9. The van der Waals surface area contributed by atoms with E-state index < -0.39 is 0 Å². The third kappa shape index (κ3) is 3.84. The maximum atomic E-state index is 13.3. The fourth-order valence-electron chi connectivity index (χ4n) is 3.44. The quantitative estimate of drug-likeness (QED) is 0.918. The molecule has 1 amide bonds. The van der Waals surface area contributed by atoms with Crippen molar-refractivity contribution in [1.82, 2.24) is 15.1 Å². The molecule has 1 N–H and O–H groups in total. The fourth-order valence-corrected chi connectivity index (χ4v) is 3.44. The lowest BCUT2D eigenvalue weighted by atomic mass is 9.95. The Kier molecular flexibility index (Phi) is 5.05. The number of piperazine rings is 1. The van der Waals surface area contributed by atoms with E-state index in [0.29, 0.717) is 5.91 Å². The predicted octanol–water partition coefficient (Wildman–Crippen LogP) is 1.47. The number of amides is 1. The largest absolute Gasteiger partial charge is 0.340 e. The minimum absolute atomic E-state index is 0.0976. The highest BCUT2D eigenvalue weighted by molar-refractivity contribution is 5.79. The maximum Gasteiger partial charge on any atom is 0.227 e. The van der Waals surface area contributed by atoms with Gasteiger partial charge in [-0.1, -0.05) is 12.1 Å². The molecule has 1 aromatic rings. The van der Waals surface area contributed by atoms with Crippen molar-refractivity contribution in [3.63, 3.8) is 0 Å². The molecular weight excluding hydrogens is 281 g/mol. The van der Waals surface area contributed by atoms with Crippen molar-refractivity contribution in [3.8, 4) is 0 Å². The second-order valence-electron chi connectivity index (χ2n) is 6.28. The van der Waals surface area contributed by atoms with Crippen LogP contribution in [0.15, 0.2) is 24.3 Å². The standard InChI is InChI=1S/C17H24FN3O/c18-16-5-1-3-14(11-16)12-20-8-2-4-15(13-20)17(22)21-9-6-19-7-10-21/h1,3,5,11,15,19H,2,4,6-10,12-13H2. The van der Waals surface area contributed by atoms with Gasteiger partial charge in [-0.15, -0.1) is 0 Å². The molecule has 0 aliphatic carbocycles. The summed E-state index contributed by atoms with van der Waals surface area (Å²) >= 11 is 0. The Balaban J connectivity index is 1.57. The summed E-state index contributed by atoms with van der Waals surface area (Å²) in [6.45, 7) is 5.93. The second kappa shape index (κ2) is 7.20. The molecule has 1 unspecified atom stereocenters. The van der Waals surface area contributed by atoms with Crippen LogP contribution in [0.2, 0.25) is 0 Å². The first-order valence-electron chi connectivity index (χ1n) is 8.19. The lowest BCUT2D eigenvalue weighted by Crippen LogP contribution is -2.51. The van der Waals surface area contributed by atoms with Crippen molar-refractivity contribution in [2.45, 2.75) is 19.4 Å². The van der Waals surface area contributed by atoms with Gasteiger partial charge >= 0.3 is 0 Å². The van der Waals surface area contributed by atoms with E-state index in [1.54, 1.807) is 12.1 Å². The molecule has 0 saturated carbocycles. The minimum atomic E-state index is -0.192. The third-order valence-corrected chi connectivity index (χ3v) is 4.58. The smallest absolute Gasteiger partial charge is 0.227 e. The van der Waals surface area contributed by atoms with Crippen LogP contribution in [-0.2, 0) is 11.3 Å². The lowest BCUT2D eigenvalue weighted by Gasteiger charge is -2.36. The Bertz CT molecular complexity index is 516. The van der Waals surface area contributed by atoms with Crippen molar-refractivity contribution in [2.75, 3.05) is 39.3 Å². The summed E-state index contributed by atoms with van der Waals surface area (Å²) in [6.07, 6.45) is 2.01. The molecule has 1 atom stereocenters. The Hall–Kier alpha value is -1.46. The number of nitrogens with zero attached hydrogens (tertiary/aromatic N) is 2. The minimum Gasteiger partial charge on any atom is -0.340 e. The van der Waals surface area contributed by atoms with Crippen LogP contribution in [-0.4, -0.2) is 55.0 Å². The summed E-state index contributed by atoms with van der Waals surface area (Å²) in [6, 6.07) is 6.75. The summed E-state index contributed by atoms with van der Waals surface area (Å²) in [5.41, 5.74) is 0.982. The van der Waals surface area contributed by atoms with Crippen LogP contribution in [0.3, 0.4) is 0 Å². The number of hydrogen-bond donors (Lipinski definition) is 1. The number of carbonyl (C=O) groups is 1. The van der Waals surface area contributed by atoms with Gasteiger partial charge in [-0.05, 0) is 37.1 Å². The predicted molar refractivity (Wildman–Crippen MR) is 83.9 cm³/mol. The van der Waals surface area contributed by atoms with Gasteiger partial charge in [-0.25, -0.2) is 4.39 Å². The number of benzene rings is 1. The average Bonchev–Trinajstić information content (AvgIpc) is 2.55. The molecule has 2 aliphatic heterocycles. The molecule has 22 heavy (non-hydrogen) atoms. The van der Waals surface area contributed by atoms with Crippen LogP contribution in [0, 0.1) is 11.7 Å². The van der Waals surface area contributed by atoms with Gasteiger partial charge < -0.3 is 10.2 Å². The SMILES string of the molecule is O=C(C1CCCN(Cc2cccc(F)c2)C1)N1CCNCC1. The van der Waals surface area contributed by atoms with Crippen LogP contribution in [0.1, 0.15) is 18.4 Å². The van der Waals surface area contributed by atoms with E-state index in [1.807, 2.05) is 11.0 Å². The van der Waals surface area contributed by atoms with Gasteiger partial charge in [0.25, 0.3) is 0 Å². The number of rotatable bonds is 3. The lowest BCUT2D eigenvalue weighted by molar-refractivity contribution is -0.138. The topological polar surface area (TPSA) is 35.6 Å². The zero-order valence-corrected chi connectivity index (χ0v) is 12.9. The van der Waals surface area contributed by atoms with Crippen LogP contribution in [0.25, 0.3) is 0 Å². The first kappa shape index (κ1) is 15.4. The van der Waals surface area contributed by atoms with Gasteiger partial charge in [0.2, 0.25) is 5.91 Å². The highest BCUT2D eigenvalue weighted by Crippen LogP contribution is 2.21. The highest BCUT2D eigenvalue weighted by atomic mass is 19.1. The molecule has 0 spiro atoms. The Labute approximate surface area is 131 Å². The molecule has 2 aliphatic rings. The first-order chi connectivity index (χ1) is 10.7. The van der Waals surface area contributed by atoms with Crippen LogP contribution < -0.4 is 5.32 Å². The van der Waals surface area contributed by atoms with Crippen LogP contribution in [0.4, 0.5) is 4.39 Å². The van der Waals surface area contributed by atoms with Gasteiger partial charge in [-0.3, -0.25) is 9.69 Å². The molecule has 1 aromatic carbocycles. The summed E-state index contributed by atoms with van der Waals surface area (Å²) in [7, 11) is 0. The monoisotopic (exact) mass is 305 g/mol. The average molecular weight is 305 g/mol. The van der Waals surface area contributed by atoms with Crippen molar-refractivity contribution < 1.29 is 9.18 Å².